The Morgan fingerprint density at radius 3 is 2.52 bits per heavy atom. The Morgan fingerprint density at radius 2 is 1.81 bits per heavy atom. The molecule has 0 atom stereocenters. The molecule has 0 aliphatic carbocycles. The minimum Gasteiger partial charge on any atom is -0.297 e. The van der Waals surface area contributed by atoms with Crippen molar-refractivity contribution in [3.8, 4) is 0 Å². The van der Waals surface area contributed by atoms with Crippen molar-refractivity contribution in [2.24, 2.45) is 0 Å². The summed E-state index contributed by atoms with van der Waals surface area (Å²) < 4.78 is 39.0. The van der Waals surface area contributed by atoms with Crippen molar-refractivity contribution in [3.63, 3.8) is 0 Å². The summed E-state index contributed by atoms with van der Waals surface area (Å²) in [7, 11) is -3.27. The number of halogens is 1. The van der Waals surface area contributed by atoms with Crippen LogP contribution in [0.1, 0.15) is 41.1 Å². The zero-order valence-electron chi connectivity index (χ0n) is 17.6. The van der Waals surface area contributed by atoms with Crippen LogP contribution in [0.5, 0.6) is 0 Å². The summed E-state index contributed by atoms with van der Waals surface area (Å²) in [6.07, 6.45) is 5.02. The van der Waals surface area contributed by atoms with Gasteiger partial charge in [0.15, 0.2) is 9.84 Å². The Balaban J connectivity index is 1.33. The number of hydrogen-bond donors (Lipinski definition) is 0. The molecule has 1 aliphatic rings. The number of nitrogens with zero attached hydrogens (tertiary/aromatic N) is 4. The van der Waals surface area contributed by atoms with Gasteiger partial charge in [0, 0.05) is 18.4 Å². The van der Waals surface area contributed by atoms with Gasteiger partial charge in [-0.2, -0.15) is 0 Å². The Bertz CT molecular complexity index is 1120. The molecular weight excluding hydrogens is 415 g/mol. The molecule has 3 aromatic rings. The van der Waals surface area contributed by atoms with Crippen LogP contribution in [0.3, 0.4) is 0 Å². The number of hydrogen-bond acceptors (Lipinski definition) is 5. The summed E-state index contributed by atoms with van der Waals surface area (Å²) in [5, 5.41) is 8.55. The van der Waals surface area contributed by atoms with E-state index in [0.717, 1.165) is 50.0 Å². The number of rotatable bonds is 7. The molecule has 2 aromatic carbocycles. The lowest BCUT2D eigenvalue weighted by Gasteiger charge is -2.31. The molecule has 0 unspecified atom stereocenters. The highest BCUT2D eigenvalue weighted by molar-refractivity contribution is 7.89. The van der Waals surface area contributed by atoms with E-state index < -0.39 is 15.7 Å². The molecule has 1 saturated heterocycles. The lowest BCUT2D eigenvalue weighted by molar-refractivity contribution is 0.202. The predicted octanol–water partition coefficient (Wildman–Crippen LogP) is 3.39. The molecule has 6 nitrogen and oxygen atoms in total. The van der Waals surface area contributed by atoms with Crippen LogP contribution in [0.4, 0.5) is 4.39 Å². The second-order valence-corrected chi connectivity index (χ2v) is 10.5. The van der Waals surface area contributed by atoms with Crippen molar-refractivity contribution in [2.75, 3.05) is 19.3 Å². The summed E-state index contributed by atoms with van der Waals surface area (Å²) in [5.41, 5.74) is 3.42. The maximum Gasteiger partial charge on any atom is 0.151 e. The van der Waals surface area contributed by atoms with Crippen molar-refractivity contribution < 1.29 is 12.8 Å². The quantitative estimate of drug-likeness (QED) is 0.561. The lowest BCUT2D eigenvalue weighted by Crippen LogP contribution is -2.32. The molecule has 0 saturated carbocycles. The van der Waals surface area contributed by atoms with Crippen molar-refractivity contribution in [1.29, 1.82) is 0 Å². The van der Waals surface area contributed by atoms with Gasteiger partial charge in [-0.3, -0.25) is 4.90 Å². The SMILES string of the molecule is CS(=O)(=O)Cc1cc(C2CCN(Cc3cn(Cc4ccccc4)nn3)CC2)ccc1F. The smallest absolute Gasteiger partial charge is 0.151 e. The topological polar surface area (TPSA) is 68.1 Å². The van der Waals surface area contributed by atoms with Gasteiger partial charge in [0.05, 0.1) is 24.2 Å². The number of aromatic nitrogens is 3. The van der Waals surface area contributed by atoms with Crippen LogP contribution >= 0.6 is 0 Å². The summed E-state index contributed by atoms with van der Waals surface area (Å²) in [6.45, 7) is 3.28. The molecule has 0 bridgehead atoms. The molecule has 4 rings (SSSR count). The van der Waals surface area contributed by atoms with Gasteiger partial charge in [-0.1, -0.05) is 47.7 Å². The fourth-order valence-corrected chi connectivity index (χ4v) is 4.94. The zero-order valence-corrected chi connectivity index (χ0v) is 18.4. The summed E-state index contributed by atoms with van der Waals surface area (Å²) >= 11 is 0. The highest BCUT2D eigenvalue weighted by atomic mass is 32.2. The predicted molar refractivity (Wildman–Crippen MR) is 118 cm³/mol. The molecule has 0 radical (unpaired) electrons. The van der Waals surface area contributed by atoms with Crippen LogP contribution in [0.25, 0.3) is 0 Å². The Labute approximate surface area is 182 Å². The first-order valence-corrected chi connectivity index (χ1v) is 12.5. The first kappa shape index (κ1) is 21.6. The summed E-state index contributed by atoms with van der Waals surface area (Å²) in [5.74, 6) is -0.404. The van der Waals surface area contributed by atoms with Gasteiger partial charge >= 0.3 is 0 Å². The van der Waals surface area contributed by atoms with Crippen LogP contribution in [-0.2, 0) is 28.7 Å². The van der Waals surface area contributed by atoms with Crippen molar-refractivity contribution in [2.45, 2.75) is 37.6 Å². The standard InChI is InChI=1S/C23H27FN4O2S/c1-31(29,30)17-21-13-20(7-8-23(21)24)19-9-11-27(12-10-19)15-22-16-28(26-25-22)14-18-5-3-2-4-6-18/h2-8,13,16,19H,9-12,14-15,17H2,1H3. The van der Waals surface area contributed by atoms with Gasteiger partial charge in [0.2, 0.25) is 0 Å². The maximum absolute atomic E-state index is 14.0. The lowest BCUT2D eigenvalue weighted by atomic mass is 9.88. The van der Waals surface area contributed by atoms with Crippen LogP contribution in [0, 0.1) is 5.82 Å². The Kier molecular flexibility index (Phi) is 6.48. The van der Waals surface area contributed by atoms with Crippen LogP contribution in [0.15, 0.2) is 54.7 Å². The van der Waals surface area contributed by atoms with E-state index in [2.05, 4.69) is 27.3 Å². The fraction of sp³-hybridized carbons (Fsp3) is 0.391. The third kappa shape index (κ3) is 5.98. The molecule has 0 spiro atoms. The molecule has 1 aliphatic heterocycles. The molecule has 0 amide bonds. The van der Waals surface area contributed by atoms with E-state index in [1.807, 2.05) is 29.1 Å². The molecule has 8 heteroatoms. The van der Waals surface area contributed by atoms with E-state index in [0.29, 0.717) is 12.5 Å². The second kappa shape index (κ2) is 9.28. The van der Waals surface area contributed by atoms with E-state index in [1.165, 1.54) is 11.6 Å². The molecule has 31 heavy (non-hydrogen) atoms. The van der Waals surface area contributed by atoms with Gasteiger partial charge in [0.1, 0.15) is 5.82 Å². The van der Waals surface area contributed by atoms with Crippen LogP contribution in [-0.4, -0.2) is 47.7 Å². The van der Waals surface area contributed by atoms with E-state index in [9.17, 15) is 12.8 Å². The van der Waals surface area contributed by atoms with Crippen molar-refractivity contribution in [3.05, 3.63) is 82.9 Å². The second-order valence-electron chi connectivity index (χ2n) is 8.36. The molecule has 1 aromatic heterocycles. The largest absolute Gasteiger partial charge is 0.297 e. The minimum atomic E-state index is -3.27. The van der Waals surface area contributed by atoms with Gasteiger partial charge in [-0.05, 0) is 49.0 Å². The first-order valence-electron chi connectivity index (χ1n) is 10.5. The van der Waals surface area contributed by atoms with Crippen molar-refractivity contribution >= 4 is 9.84 Å². The zero-order chi connectivity index (χ0) is 21.8. The highest BCUT2D eigenvalue weighted by Gasteiger charge is 2.22. The number of sulfone groups is 1. The molecular formula is C23H27FN4O2S. The monoisotopic (exact) mass is 442 g/mol. The van der Waals surface area contributed by atoms with Gasteiger partial charge in [-0.15, -0.1) is 5.10 Å². The molecule has 0 N–H and O–H groups in total. The minimum absolute atomic E-state index is 0.260. The van der Waals surface area contributed by atoms with Gasteiger partial charge in [0.25, 0.3) is 0 Å². The Morgan fingerprint density at radius 1 is 1.06 bits per heavy atom. The summed E-state index contributed by atoms with van der Waals surface area (Å²) in [6, 6.07) is 15.1. The Hall–Kier alpha value is -2.58. The highest BCUT2D eigenvalue weighted by Crippen LogP contribution is 2.30. The third-order valence-electron chi connectivity index (χ3n) is 5.71. The van der Waals surface area contributed by atoms with Crippen molar-refractivity contribution in [1.82, 2.24) is 19.9 Å². The number of piperidine rings is 1. The van der Waals surface area contributed by atoms with Gasteiger partial charge < -0.3 is 0 Å². The van der Waals surface area contributed by atoms with Gasteiger partial charge in [-0.25, -0.2) is 17.5 Å². The number of likely N-dealkylation sites (tertiary alicyclic amines) is 1. The average Bonchev–Trinajstić information content (AvgIpc) is 3.17. The van der Waals surface area contributed by atoms with E-state index >= 15 is 0 Å². The van der Waals surface area contributed by atoms with E-state index in [1.54, 1.807) is 12.1 Å². The third-order valence-corrected chi connectivity index (χ3v) is 6.54. The van der Waals surface area contributed by atoms with Crippen LogP contribution < -0.4 is 0 Å². The number of benzene rings is 2. The first-order chi connectivity index (χ1) is 14.9. The average molecular weight is 443 g/mol. The normalized spacial score (nSPS) is 15.9. The van der Waals surface area contributed by atoms with E-state index in [4.69, 9.17) is 0 Å². The molecule has 2 heterocycles. The molecule has 164 valence electrons. The van der Waals surface area contributed by atoms with Crippen LogP contribution in [0.2, 0.25) is 0 Å². The molecule has 1 fully saturated rings. The maximum atomic E-state index is 14.0. The summed E-state index contributed by atoms with van der Waals surface area (Å²) in [4.78, 5) is 2.36. The van der Waals surface area contributed by atoms with E-state index in [-0.39, 0.29) is 11.3 Å². The fourth-order valence-electron chi connectivity index (χ4n) is 4.15.